The highest BCUT2D eigenvalue weighted by atomic mass is 79.9. The highest BCUT2D eigenvalue weighted by Gasteiger charge is 2.16. The molecule has 2 aromatic carbocycles. The van der Waals surface area contributed by atoms with Gasteiger partial charge in [0.2, 0.25) is 12.7 Å². The summed E-state index contributed by atoms with van der Waals surface area (Å²) in [4.78, 5) is 7.64. The molecule has 0 bridgehead atoms. The summed E-state index contributed by atoms with van der Waals surface area (Å²) >= 11 is 3.18. The predicted molar refractivity (Wildman–Crippen MR) is 83.6 cm³/mol. The minimum atomic E-state index is -0.276. The van der Waals surface area contributed by atoms with Crippen LogP contribution in [-0.2, 0) is 6.54 Å². The first kappa shape index (κ1) is 13.4. The first-order valence-electron chi connectivity index (χ1n) is 6.66. The summed E-state index contributed by atoms with van der Waals surface area (Å²) in [7, 11) is 0. The Morgan fingerprint density at radius 2 is 2.05 bits per heavy atom. The van der Waals surface area contributed by atoms with Gasteiger partial charge < -0.3 is 19.8 Å². The number of imidazole rings is 1. The third-order valence-corrected chi connectivity index (χ3v) is 4.03. The lowest BCUT2D eigenvalue weighted by atomic mass is 10.2. The number of nitrogens with one attached hydrogen (secondary N) is 2. The number of halogens is 2. The van der Waals surface area contributed by atoms with Gasteiger partial charge >= 0.3 is 0 Å². The largest absolute Gasteiger partial charge is 0.454 e. The molecule has 0 unspecified atom stereocenters. The van der Waals surface area contributed by atoms with Gasteiger partial charge in [0.1, 0.15) is 5.82 Å². The Morgan fingerprint density at radius 1 is 1.23 bits per heavy atom. The molecule has 0 radical (unpaired) electrons. The SMILES string of the molecule is Fc1ccc(CNc2nc3cc4c(cc3[nH]2)OCO4)cc1Br. The van der Waals surface area contributed by atoms with Crippen LogP contribution >= 0.6 is 15.9 Å². The fourth-order valence-electron chi connectivity index (χ4n) is 2.32. The van der Waals surface area contributed by atoms with E-state index in [1.807, 2.05) is 12.1 Å². The van der Waals surface area contributed by atoms with Crippen molar-refractivity contribution >= 4 is 32.9 Å². The van der Waals surface area contributed by atoms with E-state index in [-0.39, 0.29) is 12.6 Å². The molecule has 5 nitrogen and oxygen atoms in total. The maximum Gasteiger partial charge on any atom is 0.231 e. The molecule has 0 aliphatic carbocycles. The van der Waals surface area contributed by atoms with Crippen LogP contribution in [-0.4, -0.2) is 16.8 Å². The average molecular weight is 364 g/mol. The number of hydrogen-bond acceptors (Lipinski definition) is 4. The van der Waals surface area contributed by atoms with Crippen LogP contribution in [0.3, 0.4) is 0 Å². The van der Waals surface area contributed by atoms with Crippen molar-refractivity contribution in [3.05, 3.63) is 46.2 Å². The molecule has 1 aromatic heterocycles. The van der Waals surface area contributed by atoms with Gasteiger partial charge in [-0.15, -0.1) is 0 Å². The molecule has 0 saturated heterocycles. The molecule has 0 fully saturated rings. The minimum absolute atomic E-state index is 0.243. The Bertz CT molecular complexity index is 824. The van der Waals surface area contributed by atoms with Crippen LogP contribution < -0.4 is 14.8 Å². The van der Waals surface area contributed by atoms with Crippen molar-refractivity contribution in [2.45, 2.75) is 6.54 Å². The molecule has 2 N–H and O–H groups in total. The van der Waals surface area contributed by atoms with E-state index in [0.29, 0.717) is 28.5 Å². The van der Waals surface area contributed by atoms with Crippen molar-refractivity contribution in [1.82, 2.24) is 9.97 Å². The quantitative estimate of drug-likeness (QED) is 0.742. The lowest BCUT2D eigenvalue weighted by molar-refractivity contribution is 0.174. The fraction of sp³-hybridized carbons (Fsp3) is 0.133. The molecule has 1 aliphatic heterocycles. The Hall–Kier alpha value is -2.28. The van der Waals surface area contributed by atoms with Crippen LogP contribution in [0.25, 0.3) is 11.0 Å². The zero-order chi connectivity index (χ0) is 15.1. The molecular formula is C15H11BrFN3O2. The second-order valence-electron chi connectivity index (χ2n) is 4.91. The molecule has 4 rings (SSSR count). The summed E-state index contributed by atoms with van der Waals surface area (Å²) in [6, 6.07) is 8.60. The Kier molecular flexibility index (Phi) is 3.15. The summed E-state index contributed by atoms with van der Waals surface area (Å²) in [6.45, 7) is 0.776. The average Bonchev–Trinajstić information content (AvgIpc) is 3.11. The summed E-state index contributed by atoms with van der Waals surface area (Å²) in [5.74, 6) is 1.78. The number of anilines is 1. The lowest BCUT2D eigenvalue weighted by Crippen LogP contribution is -2.01. The number of benzene rings is 2. The fourth-order valence-corrected chi connectivity index (χ4v) is 2.75. The van der Waals surface area contributed by atoms with Crippen molar-refractivity contribution in [3.8, 4) is 11.5 Å². The first-order chi connectivity index (χ1) is 10.7. The van der Waals surface area contributed by atoms with Crippen molar-refractivity contribution in [1.29, 1.82) is 0 Å². The molecule has 0 atom stereocenters. The van der Waals surface area contributed by atoms with Gasteiger partial charge in [-0.25, -0.2) is 9.37 Å². The van der Waals surface area contributed by atoms with Gasteiger partial charge in [0.15, 0.2) is 11.5 Å². The van der Waals surface area contributed by atoms with E-state index in [1.54, 1.807) is 12.1 Å². The molecule has 7 heteroatoms. The molecule has 1 aliphatic rings. The molecule has 2 heterocycles. The standard InChI is InChI=1S/C15H11BrFN3O2/c16-9-3-8(1-2-10(9)17)6-18-15-19-11-4-13-14(22-7-21-13)5-12(11)20-15/h1-5H,6-7H2,(H2,18,19,20). The third kappa shape index (κ3) is 2.37. The van der Waals surface area contributed by atoms with Crippen LogP contribution in [0.4, 0.5) is 10.3 Å². The van der Waals surface area contributed by atoms with Crippen molar-refractivity contribution in [2.75, 3.05) is 12.1 Å². The van der Waals surface area contributed by atoms with Gasteiger partial charge in [0, 0.05) is 18.7 Å². The first-order valence-corrected chi connectivity index (χ1v) is 7.45. The molecule has 22 heavy (non-hydrogen) atoms. The second-order valence-corrected chi connectivity index (χ2v) is 5.76. The zero-order valence-electron chi connectivity index (χ0n) is 11.3. The van der Waals surface area contributed by atoms with Gasteiger partial charge in [-0.3, -0.25) is 0 Å². The van der Waals surface area contributed by atoms with E-state index >= 15 is 0 Å². The number of ether oxygens (including phenoxy) is 2. The van der Waals surface area contributed by atoms with E-state index in [2.05, 4.69) is 31.2 Å². The monoisotopic (exact) mass is 363 g/mol. The molecule has 0 spiro atoms. The smallest absolute Gasteiger partial charge is 0.231 e. The summed E-state index contributed by atoms with van der Waals surface area (Å²) in [5.41, 5.74) is 2.61. The van der Waals surface area contributed by atoms with E-state index < -0.39 is 0 Å². The van der Waals surface area contributed by atoms with E-state index in [4.69, 9.17) is 9.47 Å². The number of H-pyrrole nitrogens is 1. The van der Waals surface area contributed by atoms with Crippen molar-refractivity contribution in [3.63, 3.8) is 0 Å². The Labute approximate surface area is 133 Å². The number of hydrogen-bond donors (Lipinski definition) is 2. The van der Waals surface area contributed by atoms with Crippen molar-refractivity contribution in [2.24, 2.45) is 0 Å². The second kappa shape index (κ2) is 5.17. The molecular weight excluding hydrogens is 353 g/mol. The van der Waals surface area contributed by atoms with Crippen LogP contribution in [0, 0.1) is 5.82 Å². The summed E-state index contributed by atoms with van der Waals surface area (Å²) < 4.78 is 24.3. The molecule has 112 valence electrons. The lowest BCUT2D eigenvalue weighted by Gasteiger charge is -2.04. The molecule has 0 saturated carbocycles. The number of aromatic nitrogens is 2. The van der Waals surface area contributed by atoms with Gasteiger partial charge in [-0.05, 0) is 33.6 Å². The Balaban J connectivity index is 1.55. The van der Waals surface area contributed by atoms with Crippen LogP contribution in [0.2, 0.25) is 0 Å². The molecule has 0 amide bonds. The third-order valence-electron chi connectivity index (χ3n) is 3.42. The highest BCUT2D eigenvalue weighted by molar-refractivity contribution is 9.10. The van der Waals surface area contributed by atoms with E-state index in [1.165, 1.54) is 6.07 Å². The number of rotatable bonds is 3. The van der Waals surface area contributed by atoms with E-state index in [9.17, 15) is 4.39 Å². The number of aromatic amines is 1. The minimum Gasteiger partial charge on any atom is -0.454 e. The topological polar surface area (TPSA) is 59.2 Å². The van der Waals surface area contributed by atoms with Crippen LogP contribution in [0.15, 0.2) is 34.8 Å². The highest BCUT2D eigenvalue weighted by Crippen LogP contribution is 2.35. The van der Waals surface area contributed by atoms with Gasteiger partial charge in [0.25, 0.3) is 0 Å². The summed E-state index contributed by atoms with van der Waals surface area (Å²) in [6.07, 6.45) is 0. The zero-order valence-corrected chi connectivity index (χ0v) is 12.9. The maximum atomic E-state index is 13.2. The normalized spacial score (nSPS) is 12.8. The van der Waals surface area contributed by atoms with Gasteiger partial charge in [-0.1, -0.05) is 6.07 Å². The van der Waals surface area contributed by atoms with Crippen LogP contribution in [0.5, 0.6) is 11.5 Å². The van der Waals surface area contributed by atoms with Crippen LogP contribution in [0.1, 0.15) is 5.56 Å². The van der Waals surface area contributed by atoms with E-state index in [0.717, 1.165) is 16.6 Å². The number of fused-ring (bicyclic) bond motifs is 2. The number of nitrogens with zero attached hydrogens (tertiary/aromatic N) is 1. The van der Waals surface area contributed by atoms with Crippen molar-refractivity contribution < 1.29 is 13.9 Å². The predicted octanol–water partition coefficient (Wildman–Crippen LogP) is 3.81. The van der Waals surface area contributed by atoms with Gasteiger partial charge in [-0.2, -0.15) is 0 Å². The molecule has 3 aromatic rings. The summed E-state index contributed by atoms with van der Waals surface area (Å²) in [5, 5.41) is 3.18. The maximum absolute atomic E-state index is 13.2. The Morgan fingerprint density at radius 3 is 2.86 bits per heavy atom. The van der Waals surface area contributed by atoms with Gasteiger partial charge in [0.05, 0.1) is 15.5 Å².